The molecular weight excluding hydrogens is 256 g/mol. The first-order valence-corrected chi connectivity index (χ1v) is 7.00. The third-order valence-electron chi connectivity index (χ3n) is 2.93. The van der Waals surface area contributed by atoms with Gasteiger partial charge in [0.2, 0.25) is 0 Å². The Hall–Kier alpha value is -1.07. The Labute approximate surface area is 109 Å². The molecule has 1 fully saturated rings. The first-order valence-electron chi connectivity index (χ1n) is 5.74. The van der Waals surface area contributed by atoms with Crippen molar-refractivity contribution in [1.29, 1.82) is 0 Å². The highest BCUT2D eigenvalue weighted by Gasteiger charge is 2.10. The van der Waals surface area contributed by atoms with Crippen molar-refractivity contribution in [3.05, 3.63) is 22.4 Å². The third-order valence-corrected chi connectivity index (χ3v) is 3.96. The van der Waals surface area contributed by atoms with Crippen LogP contribution >= 0.6 is 22.9 Å². The largest absolute Gasteiger partial charge is 0.297 e. The van der Waals surface area contributed by atoms with Gasteiger partial charge in [-0.15, -0.1) is 11.3 Å². The van der Waals surface area contributed by atoms with Gasteiger partial charge < -0.3 is 0 Å². The number of nitrogens with zero attached hydrogens (tertiary/aromatic N) is 4. The van der Waals surface area contributed by atoms with Crippen molar-refractivity contribution >= 4 is 34.1 Å². The van der Waals surface area contributed by atoms with Gasteiger partial charge in [0.05, 0.1) is 6.21 Å². The molecule has 2 aromatic rings. The van der Waals surface area contributed by atoms with Crippen molar-refractivity contribution in [2.75, 3.05) is 13.1 Å². The summed E-state index contributed by atoms with van der Waals surface area (Å²) in [6.45, 7) is 2.08. The molecule has 1 aliphatic rings. The fourth-order valence-electron chi connectivity index (χ4n) is 2.02. The topological polar surface area (TPSA) is 32.9 Å². The van der Waals surface area contributed by atoms with E-state index in [1.807, 2.05) is 22.2 Å². The van der Waals surface area contributed by atoms with E-state index in [1.54, 1.807) is 11.3 Å². The van der Waals surface area contributed by atoms with E-state index >= 15 is 0 Å². The second kappa shape index (κ2) is 4.66. The summed E-state index contributed by atoms with van der Waals surface area (Å²) < 4.78 is 1.97. The smallest absolute Gasteiger partial charge is 0.195 e. The van der Waals surface area contributed by atoms with Crippen LogP contribution in [-0.2, 0) is 0 Å². The van der Waals surface area contributed by atoms with Gasteiger partial charge in [0.15, 0.2) is 10.1 Å². The van der Waals surface area contributed by atoms with Crippen LogP contribution in [0.4, 0.5) is 0 Å². The first-order chi connectivity index (χ1) is 8.34. The van der Waals surface area contributed by atoms with E-state index in [0.717, 1.165) is 23.7 Å². The molecular formula is C11H13ClN4S. The molecule has 0 aromatic carbocycles. The van der Waals surface area contributed by atoms with Gasteiger partial charge in [-0.25, -0.2) is 4.98 Å². The lowest BCUT2D eigenvalue weighted by atomic mass is 10.2. The van der Waals surface area contributed by atoms with E-state index in [4.69, 9.17) is 11.6 Å². The molecule has 0 unspecified atom stereocenters. The molecule has 0 N–H and O–H groups in total. The maximum atomic E-state index is 6.09. The lowest BCUT2D eigenvalue weighted by Crippen LogP contribution is -2.24. The molecule has 6 heteroatoms. The Bertz CT molecular complexity index is 539. The van der Waals surface area contributed by atoms with Gasteiger partial charge in [-0.2, -0.15) is 5.10 Å². The minimum absolute atomic E-state index is 0.526. The summed E-state index contributed by atoms with van der Waals surface area (Å²) in [7, 11) is 0. The standard InChI is InChI=1S/C11H13ClN4S/c12-10-9(16-6-7-17-11(16)14-10)8-13-15-4-2-1-3-5-15/h6-8H,1-5H2/b13-8-. The number of hydrogen-bond donors (Lipinski definition) is 0. The Morgan fingerprint density at radius 3 is 3.00 bits per heavy atom. The second-order valence-corrected chi connectivity index (χ2v) is 5.33. The summed E-state index contributed by atoms with van der Waals surface area (Å²) >= 11 is 7.67. The quantitative estimate of drug-likeness (QED) is 0.785. The molecule has 1 aliphatic heterocycles. The highest BCUT2D eigenvalue weighted by Crippen LogP contribution is 2.20. The molecule has 0 saturated carbocycles. The van der Waals surface area contributed by atoms with E-state index in [9.17, 15) is 0 Å². The van der Waals surface area contributed by atoms with Crippen LogP contribution in [0.3, 0.4) is 0 Å². The molecule has 3 rings (SSSR count). The summed E-state index contributed by atoms with van der Waals surface area (Å²) in [5.74, 6) is 0. The number of fused-ring (bicyclic) bond motifs is 1. The molecule has 3 heterocycles. The molecule has 17 heavy (non-hydrogen) atoms. The molecule has 0 aliphatic carbocycles. The van der Waals surface area contributed by atoms with Crippen LogP contribution in [0.15, 0.2) is 16.7 Å². The summed E-state index contributed by atoms with van der Waals surface area (Å²) in [4.78, 5) is 5.19. The fourth-order valence-corrected chi connectivity index (χ4v) is 3.01. The molecule has 2 aromatic heterocycles. The van der Waals surface area contributed by atoms with Crippen molar-refractivity contribution < 1.29 is 0 Å². The highest BCUT2D eigenvalue weighted by molar-refractivity contribution is 7.15. The van der Waals surface area contributed by atoms with Crippen molar-refractivity contribution in [3.8, 4) is 0 Å². The maximum absolute atomic E-state index is 6.09. The molecule has 1 saturated heterocycles. The number of imidazole rings is 1. The van der Waals surface area contributed by atoms with Gasteiger partial charge in [0, 0.05) is 24.7 Å². The Morgan fingerprint density at radius 2 is 2.18 bits per heavy atom. The van der Waals surface area contributed by atoms with E-state index in [1.165, 1.54) is 19.3 Å². The number of hydrazone groups is 1. The van der Waals surface area contributed by atoms with Crippen LogP contribution in [0.2, 0.25) is 5.15 Å². The summed E-state index contributed by atoms with van der Waals surface area (Å²) in [5.41, 5.74) is 0.869. The van der Waals surface area contributed by atoms with E-state index in [-0.39, 0.29) is 0 Å². The molecule has 0 radical (unpaired) electrons. The lowest BCUT2D eigenvalue weighted by Gasteiger charge is -2.23. The number of hydrogen-bond acceptors (Lipinski definition) is 4. The molecule has 0 bridgehead atoms. The minimum Gasteiger partial charge on any atom is -0.297 e. The van der Waals surface area contributed by atoms with Gasteiger partial charge in [0.25, 0.3) is 0 Å². The van der Waals surface area contributed by atoms with Crippen LogP contribution in [-0.4, -0.2) is 33.7 Å². The lowest BCUT2D eigenvalue weighted by molar-refractivity contribution is 0.240. The maximum Gasteiger partial charge on any atom is 0.195 e. The van der Waals surface area contributed by atoms with Crippen molar-refractivity contribution in [3.63, 3.8) is 0 Å². The van der Waals surface area contributed by atoms with Crippen LogP contribution in [0.5, 0.6) is 0 Å². The molecule has 0 amide bonds. The second-order valence-electron chi connectivity index (χ2n) is 4.10. The number of thiazole rings is 1. The predicted molar refractivity (Wildman–Crippen MR) is 71.1 cm³/mol. The van der Waals surface area contributed by atoms with Crippen molar-refractivity contribution in [2.45, 2.75) is 19.3 Å². The van der Waals surface area contributed by atoms with E-state index in [0.29, 0.717) is 5.15 Å². The SMILES string of the molecule is Clc1nc2sccn2c1/C=N\N1CCCCC1. The number of halogens is 1. The minimum atomic E-state index is 0.526. The monoisotopic (exact) mass is 268 g/mol. The van der Waals surface area contributed by atoms with E-state index < -0.39 is 0 Å². The zero-order chi connectivity index (χ0) is 11.7. The van der Waals surface area contributed by atoms with Gasteiger partial charge in [-0.1, -0.05) is 11.6 Å². The highest BCUT2D eigenvalue weighted by atomic mass is 35.5. The van der Waals surface area contributed by atoms with Gasteiger partial charge in [0.1, 0.15) is 5.69 Å². The first kappa shape index (κ1) is 11.0. The normalized spacial score (nSPS) is 17.4. The van der Waals surface area contributed by atoms with Crippen molar-refractivity contribution in [1.82, 2.24) is 14.4 Å². The van der Waals surface area contributed by atoms with Crippen LogP contribution in [0, 0.1) is 0 Å². The average Bonchev–Trinajstić information content (AvgIpc) is 2.89. The van der Waals surface area contributed by atoms with Crippen LogP contribution < -0.4 is 0 Å². The van der Waals surface area contributed by atoms with Crippen LogP contribution in [0.25, 0.3) is 4.96 Å². The Balaban J connectivity index is 1.85. The van der Waals surface area contributed by atoms with Gasteiger partial charge >= 0.3 is 0 Å². The summed E-state index contributed by atoms with van der Waals surface area (Å²) in [6, 6.07) is 0. The van der Waals surface area contributed by atoms with Gasteiger partial charge in [-0.3, -0.25) is 9.41 Å². The number of aromatic nitrogens is 2. The molecule has 4 nitrogen and oxygen atoms in total. The summed E-state index contributed by atoms with van der Waals surface area (Å²) in [5, 5.41) is 9.11. The Kier molecular flexibility index (Phi) is 3.03. The molecule has 90 valence electrons. The van der Waals surface area contributed by atoms with Crippen LogP contribution in [0.1, 0.15) is 25.0 Å². The number of piperidine rings is 1. The Morgan fingerprint density at radius 1 is 1.35 bits per heavy atom. The summed E-state index contributed by atoms with van der Waals surface area (Å²) in [6.07, 6.45) is 7.56. The third kappa shape index (κ3) is 2.17. The molecule has 0 atom stereocenters. The average molecular weight is 269 g/mol. The zero-order valence-electron chi connectivity index (χ0n) is 9.34. The van der Waals surface area contributed by atoms with E-state index in [2.05, 4.69) is 15.1 Å². The predicted octanol–water partition coefficient (Wildman–Crippen LogP) is 2.87. The van der Waals surface area contributed by atoms with Gasteiger partial charge in [-0.05, 0) is 19.3 Å². The number of rotatable bonds is 2. The van der Waals surface area contributed by atoms with Crippen molar-refractivity contribution in [2.24, 2.45) is 5.10 Å². The fraction of sp³-hybridized carbons (Fsp3) is 0.455. The zero-order valence-corrected chi connectivity index (χ0v) is 10.9. The molecule has 0 spiro atoms.